The van der Waals surface area contributed by atoms with Crippen LogP contribution in [0.15, 0.2) is 18.2 Å². The maximum Gasteiger partial charge on any atom is 0.0596 e. The van der Waals surface area contributed by atoms with Gasteiger partial charge in [0.05, 0.1) is 12.7 Å². The van der Waals surface area contributed by atoms with Crippen LogP contribution < -0.4 is 5.73 Å². The van der Waals surface area contributed by atoms with Crippen LogP contribution in [0.2, 0.25) is 0 Å². The predicted octanol–water partition coefficient (Wildman–Crippen LogP) is 2.43. The minimum absolute atomic E-state index is 0.303. The molecule has 0 bridgehead atoms. The Labute approximate surface area is 105 Å². The molecule has 0 fully saturated rings. The molecule has 0 spiro atoms. The van der Waals surface area contributed by atoms with Gasteiger partial charge in [-0.3, -0.25) is 4.90 Å². The smallest absolute Gasteiger partial charge is 0.0596 e. The number of hydrogen-bond donors (Lipinski definition) is 1. The van der Waals surface area contributed by atoms with Crippen molar-refractivity contribution in [3.63, 3.8) is 0 Å². The van der Waals surface area contributed by atoms with Crippen LogP contribution in [0.1, 0.15) is 25.0 Å². The summed E-state index contributed by atoms with van der Waals surface area (Å²) in [7, 11) is 2.10. The summed E-state index contributed by atoms with van der Waals surface area (Å²) in [4.78, 5) is 2.25. The second-order valence-corrected chi connectivity index (χ2v) is 4.79. The van der Waals surface area contributed by atoms with E-state index in [9.17, 15) is 0 Å². The first kappa shape index (κ1) is 14.0. The van der Waals surface area contributed by atoms with Gasteiger partial charge in [-0.15, -0.1) is 0 Å². The van der Waals surface area contributed by atoms with Crippen LogP contribution in [0.25, 0.3) is 0 Å². The highest BCUT2D eigenvalue weighted by atomic mass is 16.5. The molecule has 0 aromatic heterocycles. The number of rotatable bonds is 6. The molecular formula is C14H24N2O. The van der Waals surface area contributed by atoms with E-state index in [1.54, 1.807) is 0 Å². The van der Waals surface area contributed by atoms with E-state index in [0.717, 1.165) is 25.4 Å². The lowest BCUT2D eigenvalue weighted by Crippen LogP contribution is -2.24. The van der Waals surface area contributed by atoms with Crippen LogP contribution in [0.4, 0.5) is 5.69 Å². The standard InChI is InChI=1S/C14H24N2O/c1-11(2)17-9-8-16(4)10-13-6-5-7-14(15)12(13)3/h5-7,11H,8-10,15H2,1-4H3. The van der Waals surface area contributed by atoms with Gasteiger partial charge in [0.1, 0.15) is 0 Å². The van der Waals surface area contributed by atoms with Gasteiger partial charge in [-0.05, 0) is 45.0 Å². The Morgan fingerprint density at radius 2 is 2.06 bits per heavy atom. The summed E-state index contributed by atoms with van der Waals surface area (Å²) < 4.78 is 5.54. The number of nitrogen functional groups attached to an aromatic ring is 1. The Kier molecular flexibility index (Phi) is 5.45. The Hall–Kier alpha value is -1.06. The van der Waals surface area contributed by atoms with Gasteiger partial charge in [0.15, 0.2) is 0 Å². The molecule has 0 aliphatic rings. The van der Waals surface area contributed by atoms with E-state index < -0.39 is 0 Å². The maximum atomic E-state index is 5.89. The first-order valence-electron chi connectivity index (χ1n) is 6.14. The molecule has 0 saturated heterocycles. The third-order valence-electron chi connectivity index (χ3n) is 2.85. The summed E-state index contributed by atoms with van der Waals surface area (Å²) >= 11 is 0. The molecule has 1 rings (SSSR count). The molecule has 17 heavy (non-hydrogen) atoms. The lowest BCUT2D eigenvalue weighted by molar-refractivity contribution is 0.0627. The van der Waals surface area contributed by atoms with Crippen molar-refractivity contribution in [1.29, 1.82) is 0 Å². The first-order chi connectivity index (χ1) is 8.00. The summed E-state index contributed by atoms with van der Waals surface area (Å²) in [6, 6.07) is 6.09. The van der Waals surface area contributed by atoms with E-state index in [4.69, 9.17) is 10.5 Å². The van der Waals surface area contributed by atoms with E-state index in [2.05, 4.69) is 38.8 Å². The van der Waals surface area contributed by atoms with Crippen molar-refractivity contribution in [2.24, 2.45) is 0 Å². The Bertz CT molecular complexity index is 350. The minimum Gasteiger partial charge on any atom is -0.399 e. The van der Waals surface area contributed by atoms with Crippen LogP contribution in [-0.4, -0.2) is 31.2 Å². The van der Waals surface area contributed by atoms with Crippen molar-refractivity contribution in [3.8, 4) is 0 Å². The molecule has 3 nitrogen and oxygen atoms in total. The third kappa shape index (κ3) is 4.75. The molecule has 1 aromatic carbocycles. The summed E-state index contributed by atoms with van der Waals surface area (Å²) in [6.45, 7) is 8.81. The van der Waals surface area contributed by atoms with E-state index in [-0.39, 0.29) is 0 Å². The normalized spacial score (nSPS) is 11.4. The summed E-state index contributed by atoms with van der Waals surface area (Å²) in [5.74, 6) is 0. The lowest BCUT2D eigenvalue weighted by Gasteiger charge is -2.19. The number of anilines is 1. The number of hydrogen-bond acceptors (Lipinski definition) is 3. The Morgan fingerprint density at radius 3 is 2.71 bits per heavy atom. The van der Waals surface area contributed by atoms with E-state index >= 15 is 0 Å². The second-order valence-electron chi connectivity index (χ2n) is 4.79. The van der Waals surface area contributed by atoms with Crippen molar-refractivity contribution in [2.45, 2.75) is 33.4 Å². The van der Waals surface area contributed by atoms with Crippen molar-refractivity contribution in [1.82, 2.24) is 4.90 Å². The van der Waals surface area contributed by atoms with Gasteiger partial charge in [-0.25, -0.2) is 0 Å². The fourth-order valence-corrected chi connectivity index (χ4v) is 1.69. The molecule has 0 amide bonds. The average molecular weight is 236 g/mol. The molecule has 1 aromatic rings. The third-order valence-corrected chi connectivity index (χ3v) is 2.85. The minimum atomic E-state index is 0.303. The highest BCUT2D eigenvalue weighted by Gasteiger charge is 2.05. The van der Waals surface area contributed by atoms with Crippen LogP contribution in [-0.2, 0) is 11.3 Å². The summed E-state index contributed by atoms with van der Waals surface area (Å²) in [6.07, 6.45) is 0.303. The van der Waals surface area contributed by atoms with Crippen LogP contribution in [0.3, 0.4) is 0 Å². The van der Waals surface area contributed by atoms with E-state index in [1.807, 2.05) is 12.1 Å². The average Bonchev–Trinajstić information content (AvgIpc) is 2.24. The number of benzene rings is 1. The molecule has 0 heterocycles. The fraction of sp³-hybridized carbons (Fsp3) is 0.571. The SMILES string of the molecule is Cc1c(N)cccc1CN(C)CCOC(C)C. The van der Waals surface area contributed by atoms with E-state index in [1.165, 1.54) is 11.1 Å². The summed E-state index contributed by atoms with van der Waals surface area (Å²) in [5.41, 5.74) is 9.24. The molecule has 0 aliphatic carbocycles. The van der Waals surface area contributed by atoms with Crippen molar-refractivity contribution in [2.75, 3.05) is 25.9 Å². The Balaban J connectivity index is 2.45. The van der Waals surface area contributed by atoms with Crippen LogP contribution >= 0.6 is 0 Å². The molecule has 0 saturated carbocycles. The largest absolute Gasteiger partial charge is 0.399 e. The number of likely N-dealkylation sites (N-methyl/N-ethyl adjacent to an activating group) is 1. The topological polar surface area (TPSA) is 38.5 Å². The second kappa shape index (κ2) is 6.62. The van der Waals surface area contributed by atoms with Gasteiger partial charge in [0, 0.05) is 18.8 Å². The van der Waals surface area contributed by atoms with Gasteiger partial charge in [-0.2, -0.15) is 0 Å². The number of nitrogens with zero attached hydrogens (tertiary/aromatic N) is 1. The molecule has 3 heteroatoms. The maximum absolute atomic E-state index is 5.89. The quantitative estimate of drug-likeness (QED) is 0.771. The highest BCUT2D eigenvalue weighted by Crippen LogP contribution is 2.16. The molecule has 0 unspecified atom stereocenters. The van der Waals surface area contributed by atoms with Gasteiger partial charge < -0.3 is 10.5 Å². The molecule has 96 valence electrons. The van der Waals surface area contributed by atoms with Crippen molar-refractivity contribution < 1.29 is 4.74 Å². The zero-order valence-corrected chi connectivity index (χ0v) is 11.4. The van der Waals surface area contributed by atoms with Gasteiger partial charge in [0.2, 0.25) is 0 Å². The van der Waals surface area contributed by atoms with Gasteiger partial charge >= 0.3 is 0 Å². The number of ether oxygens (including phenoxy) is 1. The van der Waals surface area contributed by atoms with Crippen molar-refractivity contribution >= 4 is 5.69 Å². The molecular weight excluding hydrogens is 212 g/mol. The van der Waals surface area contributed by atoms with Crippen LogP contribution in [0.5, 0.6) is 0 Å². The van der Waals surface area contributed by atoms with Gasteiger partial charge in [0.25, 0.3) is 0 Å². The predicted molar refractivity (Wildman–Crippen MR) is 73.0 cm³/mol. The van der Waals surface area contributed by atoms with Crippen LogP contribution in [0, 0.1) is 6.92 Å². The van der Waals surface area contributed by atoms with Gasteiger partial charge in [-0.1, -0.05) is 12.1 Å². The lowest BCUT2D eigenvalue weighted by atomic mass is 10.1. The number of nitrogens with two attached hydrogens (primary N) is 1. The zero-order chi connectivity index (χ0) is 12.8. The van der Waals surface area contributed by atoms with E-state index in [0.29, 0.717) is 6.10 Å². The monoisotopic (exact) mass is 236 g/mol. The zero-order valence-electron chi connectivity index (χ0n) is 11.4. The molecule has 0 radical (unpaired) electrons. The highest BCUT2D eigenvalue weighted by molar-refractivity contribution is 5.49. The Morgan fingerprint density at radius 1 is 1.35 bits per heavy atom. The first-order valence-corrected chi connectivity index (χ1v) is 6.14. The molecule has 0 atom stereocenters. The fourth-order valence-electron chi connectivity index (χ4n) is 1.69. The summed E-state index contributed by atoms with van der Waals surface area (Å²) in [5, 5.41) is 0. The molecule has 0 aliphatic heterocycles. The van der Waals surface area contributed by atoms with Crippen molar-refractivity contribution in [3.05, 3.63) is 29.3 Å². The molecule has 2 N–H and O–H groups in total.